The first kappa shape index (κ1) is 31.6. The van der Waals surface area contributed by atoms with Gasteiger partial charge in [0.1, 0.15) is 0 Å². The number of fused-ring (bicyclic) bond motifs is 2. The van der Waals surface area contributed by atoms with E-state index in [-0.39, 0.29) is 33.6 Å². The molecule has 9 nitrogen and oxygen atoms in total. The zero-order chi connectivity index (χ0) is 33.8. The van der Waals surface area contributed by atoms with E-state index in [0.29, 0.717) is 28.4 Å². The fourth-order valence-corrected chi connectivity index (χ4v) is 5.52. The molecule has 2 aromatic carbocycles. The smallest absolute Gasteiger partial charge is 0.200 e. The van der Waals surface area contributed by atoms with E-state index in [0.717, 1.165) is 33.8 Å². The number of nitrogens with zero attached hydrogens (tertiary/aromatic N) is 4. The van der Waals surface area contributed by atoms with Crippen LogP contribution in [0.1, 0.15) is 54.6 Å². The van der Waals surface area contributed by atoms with E-state index in [4.69, 9.17) is 0 Å². The van der Waals surface area contributed by atoms with Crippen LogP contribution in [-0.2, 0) is 6.54 Å². The number of para-hydroxylation sites is 2. The lowest BCUT2D eigenvalue weighted by molar-refractivity contribution is 0.102. The monoisotopic (exact) mass is 633 g/mol. The Morgan fingerprint density at radius 1 is 0.667 bits per heavy atom. The number of nitrogens with one attached hydrogen (secondary N) is 1. The number of pyridine rings is 5. The van der Waals surface area contributed by atoms with Crippen LogP contribution < -0.4 is 10.9 Å². The van der Waals surface area contributed by atoms with Gasteiger partial charge in [-0.1, -0.05) is 30.3 Å². The number of carbonyl (C=O) groups excluding carboxylic acids is 2. The number of carbonyl (C=O) groups is 2. The Balaban J connectivity index is 0.000000177. The average Bonchev–Trinajstić information content (AvgIpc) is 3.09. The van der Waals surface area contributed by atoms with Crippen molar-refractivity contribution < 1.29 is 9.59 Å². The quantitative estimate of drug-likeness (QED) is 0.218. The van der Waals surface area contributed by atoms with E-state index in [1.807, 2.05) is 66.9 Å². The average molecular weight is 634 g/mol. The van der Waals surface area contributed by atoms with Crippen molar-refractivity contribution in [3.8, 4) is 0 Å². The second kappa shape index (κ2) is 13.6. The Labute approximate surface area is 275 Å². The minimum atomic E-state index is -0.299. The van der Waals surface area contributed by atoms with E-state index < -0.39 is 0 Å². The van der Waals surface area contributed by atoms with Crippen LogP contribution in [0.3, 0.4) is 0 Å². The Kier molecular flexibility index (Phi) is 8.93. The van der Waals surface area contributed by atoms with Gasteiger partial charge in [-0.2, -0.15) is 0 Å². The van der Waals surface area contributed by atoms with Crippen LogP contribution in [0.4, 0.5) is 0 Å². The molecular formula is C39H31N5O4. The lowest BCUT2D eigenvalue weighted by Crippen LogP contribution is -2.20. The summed E-state index contributed by atoms with van der Waals surface area (Å²) in [6, 6.07) is 26.9. The number of hydrogen-bond acceptors (Lipinski definition) is 7. The van der Waals surface area contributed by atoms with Gasteiger partial charge < -0.3 is 9.55 Å². The normalized spacial score (nSPS) is 10.8. The minimum absolute atomic E-state index is 0.148. The van der Waals surface area contributed by atoms with E-state index in [1.165, 1.54) is 6.20 Å². The maximum absolute atomic E-state index is 13.1. The molecule has 0 aliphatic carbocycles. The highest BCUT2D eigenvalue weighted by Gasteiger charge is 2.18. The molecule has 5 aromatic heterocycles. The van der Waals surface area contributed by atoms with Gasteiger partial charge in [-0.05, 0) is 81.4 Å². The van der Waals surface area contributed by atoms with Crippen LogP contribution in [-0.4, -0.2) is 36.1 Å². The van der Waals surface area contributed by atoms with Crippen molar-refractivity contribution in [3.63, 3.8) is 0 Å². The molecule has 9 heteroatoms. The number of H-pyrrole nitrogens is 1. The van der Waals surface area contributed by atoms with Crippen molar-refractivity contribution in [2.75, 3.05) is 0 Å². The molecule has 0 aliphatic heterocycles. The maximum Gasteiger partial charge on any atom is 0.200 e. The molecule has 0 amide bonds. The summed E-state index contributed by atoms with van der Waals surface area (Å²) in [5.41, 5.74) is 5.48. The summed E-state index contributed by atoms with van der Waals surface area (Å²) < 4.78 is 1.92. The van der Waals surface area contributed by atoms with Gasteiger partial charge in [0.2, 0.25) is 10.9 Å². The predicted molar refractivity (Wildman–Crippen MR) is 186 cm³/mol. The van der Waals surface area contributed by atoms with Gasteiger partial charge in [0.05, 0.1) is 28.9 Å². The number of aromatic nitrogens is 5. The molecule has 0 unspecified atom stereocenters. The van der Waals surface area contributed by atoms with Gasteiger partial charge in [-0.3, -0.25) is 34.1 Å². The summed E-state index contributed by atoms with van der Waals surface area (Å²) in [7, 11) is 0. The van der Waals surface area contributed by atoms with Crippen molar-refractivity contribution in [1.82, 2.24) is 24.5 Å². The summed E-state index contributed by atoms with van der Waals surface area (Å²) in [6.07, 6.45) is 6.27. The molecule has 0 saturated carbocycles. The van der Waals surface area contributed by atoms with E-state index >= 15 is 0 Å². The molecule has 5 heterocycles. The van der Waals surface area contributed by atoms with Crippen molar-refractivity contribution in [2.24, 2.45) is 0 Å². The predicted octanol–water partition coefficient (Wildman–Crippen LogP) is 6.15. The first-order chi connectivity index (χ1) is 23.2. The molecule has 0 bridgehead atoms. The zero-order valence-electron chi connectivity index (χ0n) is 26.6. The molecule has 1 N–H and O–H groups in total. The van der Waals surface area contributed by atoms with Crippen LogP contribution in [0.15, 0.2) is 125 Å². The topological polar surface area (TPSA) is 128 Å². The van der Waals surface area contributed by atoms with Crippen LogP contribution in [0, 0.1) is 20.8 Å². The van der Waals surface area contributed by atoms with Gasteiger partial charge in [0.25, 0.3) is 0 Å². The Bertz CT molecular complexity index is 2460. The number of aromatic amines is 1. The SMILES string of the molecule is Cc1cc(C(=O)c2c[nH]c3ccccc3c2=O)ccn1.Cc1cc(C(=O)c2cn(Cc3cccc(C)n3)c3ccccc3c2=O)ccn1. The number of benzene rings is 2. The third-order valence-corrected chi connectivity index (χ3v) is 7.86. The summed E-state index contributed by atoms with van der Waals surface area (Å²) in [6.45, 7) is 6.03. The second-order valence-corrected chi connectivity index (χ2v) is 11.4. The molecule has 0 saturated heterocycles. The lowest BCUT2D eigenvalue weighted by Gasteiger charge is -2.13. The maximum atomic E-state index is 13.1. The van der Waals surface area contributed by atoms with E-state index in [2.05, 4.69) is 19.9 Å². The molecule has 0 atom stereocenters. The first-order valence-corrected chi connectivity index (χ1v) is 15.3. The van der Waals surface area contributed by atoms with Crippen molar-refractivity contribution in [1.29, 1.82) is 0 Å². The molecule has 48 heavy (non-hydrogen) atoms. The Morgan fingerprint density at radius 2 is 1.27 bits per heavy atom. The molecule has 0 radical (unpaired) electrons. The number of aryl methyl sites for hydroxylation is 3. The summed E-state index contributed by atoms with van der Waals surface area (Å²) in [5.74, 6) is -0.588. The molecule has 0 spiro atoms. The van der Waals surface area contributed by atoms with Gasteiger partial charge in [-0.25, -0.2) is 0 Å². The zero-order valence-corrected chi connectivity index (χ0v) is 26.6. The third-order valence-electron chi connectivity index (χ3n) is 7.86. The Hall–Kier alpha value is -6.35. The van der Waals surface area contributed by atoms with E-state index in [9.17, 15) is 19.2 Å². The first-order valence-electron chi connectivity index (χ1n) is 15.3. The summed E-state index contributed by atoms with van der Waals surface area (Å²) in [5, 5.41) is 1.04. The standard InChI is InChI=1S/C23H19N3O2.C16H12N2O2/c1-15-6-5-7-18(25-15)13-26-14-20(22(27)17-10-11-24-16(2)12-17)23(28)19-8-3-4-9-21(19)26;1-10-8-11(6-7-17-10)15(19)13-9-18-14-5-3-2-4-12(14)16(13)20/h3-12,14H,13H2,1-2H3;2-9H,1H3,(H,18,20). The van der Waals surface area contributed by atoms with Crippen LogP contribution in [0.25, 0.3) is 21.8 Å². The fourth-order valence-electron chi connectivity index (χ4n) is 5.52. The number of rotatable bonds is 6. The highest BCUT2D eigenvalue weighted by molar-refractivity contribution is 6.10. The lowest BCUT2D eigenvalue weighted by atomic mass is 10.0. The molecule has 7 aromatic rings. The van der Waals surface area contributed by atoms with Gasteiger partial charge in [-0.15, -0.1) is 0 Å². The summed E-state index contributed by atoms with van der Waals surface area (Å²) in [4.78, 5) is 66.6. The highest BCUT2D eigenvalue weighted by atomic mass is 16.1. The van der Waals surface area contributed by atoms with Crippen molar-refractivity contribution >= 4 is 33.4 Å². The highest BCUT2D eigenvalue weighted by Crippen LogP contribution is 2.17. The van der Waals surface area contributed by atoms with Crippen LogP contribution in [0.5, 0.6) is 0 Å². The number of hydrogen-bond donors (Lipinski definition) is 1. The number of ketones is 2. The molecule has 0 aliphatic rings. The third kappa shape index (κ3) is 6.61. The van der Waals surface area contributed by atoms with Crippen LogP contribution >= 0.6 is 0 Å². The summed E-state index contributed by atoms with van der Waals surface area (Å²) >= 11 is 0. The molecule has 7 rings (SSSR count). The van der Waals surface area contributed by atoms with Crippen molar-refractivity contribution in [2.45, 2.75) is 27.3 Å². The Morgan fingerprint density at radius 3 is 1.94 bits per heavy atom. The molecule has 0 fully saturated rings. The van der Waals surface area contributed by atoms with Gasteiger partial charge in [0, 0.05) is 69.3 Å². The molecule has 236 valence electrons. The van der Waals surface area contributed by atoms with Crippen LogP contribution in [0.2, 0.25) is 0 Å². The van der Waals surface area contributed by atoms with E-state index in [1.54, 1.807) is 68.0 Å². The van der Waals surface area contributed by atoms with Crippen molar-refractivity contribution in [3.05, 3.63) is 181 Å². The minimum Gasteiger partial charge on any atom is -0.360 e. The van der Waals surface area contributed by atoms with Gasteiger partial charge in [0.15, 0.2) is 11.6 Å². The second-order valence-electron chi connectivity index (χ2n) is 11.4. The largest absolute Gasteiger partial charge is 0.360 e. The fraction of sp³-hybridized carbons (Fsp3) is 0.103. The molecular weight excluding hydrogens is 602 g/mol. The van der Waals surface area contributed by atoms with Gasteiger partial charge >= 0.3 is 0 Å².